The number of ether oxygens (including phenoxy) is 2. The van der Waals surface area contributed by atoms with Crippen molar-refractivity contribution in [2.75, 3.05) is 27.4 Å². The molecule has 0 bridgehead atoms. The fraction of sp³-hybridized carbons (Fsp3) is 0.333. The van der Waals surface area contributed by atoms with Crippen LogP contribution in [0.5, 0.6) is 5.75 Å². The Balaban J connectivity index is 2.21. The van der Waals surface area contributed by atoms with Crippen LogP contribution < -0.4 is 4.74 Å². The monoisotopic (exact) mass is 385 g/mol. The van der Waals surface area contributed by atoms with Gasteiger partial charge < -0.3 is 9.47 Å². The zero-order valence-electron chi connectivity index (χ0n) is 12.3. The molecule has 0 N–H and O–H groups in total. The first-order chi connectivity index (χ1) is 10.6. The predicted molar refractivity (Wildman–Crippen MR) is 89.9 cm³/mol. The van der Waals surface area contributed by atoms with Crippen molar-refractivity contribution in [2.24, 2.45) is 0 Å². The highest BCUT2D eigenvalue weighted by Gasteiger charge is 2.34. The van der Waals surface area contributed by atoms with Crippen LogP contribution in [0.2, 0.25) is 0 Å². The number of benzene rings is 1. The molecule has 22 heavy (non-hydrogen) atoms. The second kappa shape index (κ2) is 7.80. The Hall–Kier alpha value is -1.31. The van der Waals surface area contributed by atoms with Crippen LogP contribution in [0.15, 0.2) is 27.6 Å². The number of carbonyl (C=O) groups excluding carboxylic acids is 2. The van der Waals surface area contributed by atoms with E-state index in [1.54, 1.807) is 26.4 Å². The minimum absolute atomic E-state index is 0.249. The number of nitrogens with zero attached hydrogens (tertiary/aromatic N) is 1. The standard InChI is InChI=1S/C15H16BrNO4S/c1-20-7-3-6-17-14(18)13(22-15(17)19)9-10-8-11(16)4-5-12(10)21-2/h4-5,8-9H,3,6-7H2,1-2H3/b13-9+. The molecule has 1 heterocycles. The normalized spacial score (nSPS) is 16.7. The molecule has 0 unspecified atom stereocenters. The fourth-order valence-corrected chi connectivity index (χ4v) is 3.25. The van der Waals surface area contributed by atoms with E-state index in [9.17, 15) is 9.59 Å². The maximum atomic E-state index is 12.3. The van der Waals surface area contributed by atoms with E-state index in [0.29, 0.717) is 30.2 Å². The topological polar surface area (TPSA) is 55.8 Å². The van der Waals surface area contributed by atoms with Gasteiger partial charge in [0.25, 0.3) is 11.1 Å². The highest BCUT2D eigenvalue weighted by Crippen LogP contribution is 2.34. The summed E-state index contributed by atoms with van der Waals surface area (Å²) in [6, 6.07) is 5.50. The van der Waals surface area contributed by atoms with Crippen molar-refractivity contribution in [3.05, 3.63) is 33.1 Å². The second-order valence-electron chi connectivity index (χ2n) is 4.57. The molecule has 7 heteroatoms. The van der Waals surface area contributed by atoms with Gasteiger partial charge in [-0.1, -0.05) is 15.9 Å². The van der Waals surface area contributed by atoms with Crippen molar-refractivity contribution in [1.82, 2.24) is 4.90 Å². The summed E-state index contributed by atoms with van der Waals surface area (Å²) >= 11 is 4.33. The van der Waals surface area contributed by atoms with Gasteiger partial charge in [-0.05, 0) is 42.5 Å². The molecular formula is C15H16BrNO4S. The zero-order chi connectivity index (χ0) is 16.1. The van der Waals surface area contributed by atoms with Crippen molar-refractivity contribution < 1.29 is 19.1 Å². The predicted octanol–water partition coefficient (Wildman–Crippen LogP) is 3.53. The first kappa shape index (κ1) is 17.1. The van der Waals surface area contributed by atoms with Crippen LogP contribution in [0.3, 0.4) is 0 Å². The largest absolute Gasteiger partial charge is 0.496 e. The number of halogens is 1. The van der Waals surface area contributed by atoms with Gasteiger partial charge in [-0.3, -0.25) is 14.5 Å². The van der Waals surface area contributed by atoms with E-state index >= 15 is 0 Å². The number of methoxy groups -OCH3 is 2. The Morgan fingerprint density at radius 3 is 2.77 bits per heavy atom. The average Bonchev–Trinajstić information content (AvgIpc) is 2.75. The van der Waals surface area contributed by atoms with E-state index in [1.807, 2.05) is 12.1 Å². The molecule has 1 aromatic carbocycles. The summed E-state index contributed by atoms with van der Waals surface area (Å²) in [5, 5.41) is -0.249. The van der Waals surface area contributed by atoms with Crippen LogP contribution in [0, 0.1) is 0 Å². The lowest BCUT2D eigenvalue weighted by Crippen LogP contribution is -2.29. The molecule has 2 rings (SSSR count). The number of hydrogen-bond donors (Lipinski definition) is 0. The Bertz CT molecular complexity index is 618. The minimum atomic E-state index is -0.270. The molecule has 1 fully saturated rings. The Kier molecular flexibility index (Phi) is 6.05. The molecule has 5 nitrogen and oxygen atoms in total. The number of thioether (sulfide) groups is 1. The first-order valence-corrected chi connectivity index (χ1v) is 8.25. The van der Waals surface area contributed by atoms with Crippen LogP contribution in [0.1, 0.15) is 12.0 Å². The minimum Gasteiger partial charge on any atom is -0.496 e. The zero-order valence-corrected chi connectivity index (χ0v) is 14.7. The van der Waals surface area contributed by atoms with Crippen molar-refractivity contribution >= 4 is 44.9 Å². The van der Waals surface area contributed by atoms with Gasteiger partial charge in [0.15, 0.2) is 0 Å². The first-order valence-electron chi connectivity index (χ1n) is 6.64. The smallest absolute Gasteiger partial charge is 0.293 e. The lowest BCUT2D eigenvalue weighted by Gasteiger charge is -2.11. The maximum Gasteiger partial charge on any atom is 0.293 e. The molecule has 0 spiro atoms. The number of imide groups is 1. The third-order valence-electron chi connectivity index (χ3n) is 3.08. The van der Waals surface area contributed by atoms with Crippen LogP contribution >= 0.6 is 27.7 Å². The quantitative estimate of drug-likeness (QED) is 0.553. The van der Waals surface area contributed by atoms with Gasteiger partial charge in [0.2, 0.25) is 0 Å². The third kappa shape index (κ3) is 3.91. The Morgan fingerprint density at radius 2 is 2.09 bits per heavy atom. The molecule has 0 aliphatic carbocycles. The van der Waals surface area contributed by atoms with E-state index < -0.39 is 0 Å². The third-order valence-corrected chi connectivity index (χ3v) is 4.48. The number of carbonyl (C=O) groups is 2. The highest BCUT2D eigenvalue weighted by atomic mass is 79.9. The van der Waals surface area contributed by atoms with Gasteiger partial charge in [-0.15, -0.1) is 0 Å². The SMILES string of the molecule is COCCCN1C(=O)S/C(=C/c2cc(Br)ccc2OC)C1=O. The van der Waals surface area contributed by atoms with Gasteiger partial charge in [-0.25, -0.2) is 0 Å². The van der Waals surface area contributed by atoms with E-state index in [4.69, 9.17) is 9.47 Å². The van der Waals surface area contributed by atoms with Crippen molar-refractivity contribution in [2.45, 2.75) is 6.42 Å². The molecule has 1 aliphatic heterocycles. The molecule has 0 aromatic heterocycles. The molecule has 2 amide bonds. The summed E-state index contributed by atoms with van der Waals surface area (Å²) in [7, 11) is 3.16. The van der Waals surface area contributed by atoms with E-state index in [1.165, 1.54) is 4.90 Å². The molecule has 0 atom stereocenters. The lowest BCUT2D eigenvalue weighted by atomic mass is 10.2. The van der Waals surface area contributed by atoms with E-state index in [0.717, 1.165) is 21.8 Å². The van der Waals surface area contributed by atoms with Gasteiger partial charge in [0, 0.05) is 30.3 Å². The molecule has 118 valence electrons. The summed E-state index contributed by atoms with van der Waals surface area (Å²) in [6.45, 7) is 0.881. The summed E-state index contributed by atoms with van der Waals surface area (Å²) in [5.74, 6) is 0.377. The van der Waals surface area contributed by atoms with Gasteiger partial charge in [0.1, 0.15) is 5.75 Å². The van der Waals surface area contributed by atoms with E-state index in [-0.39, 0.29) is 11.1 Å². The molecule has 1 saturated heterocycles. The van der Waals surface area contributed by atoms with Crippen LogP contribution in [0.4, 0.5) is 4.79 Å². The summed E-state index contributed by atoms with van der Waals surface area (Å²) in [4.78, 5) is 25.9. The van der Waals surface area contributed by atoms with E-state index in [2.05, 4.69) is 15.9 Å². The van der Waals surface area contributed by atoms with Crippen molar-refractivity contribution in [3.63, 3.8) is 0 Å². The maximum absolute atomic E-state index is 12.3. The van der Waals surface area contributed by atoms with Gasteiger partial charge in [0.05, 0.1) is 12.0 Å². The van der Waals surface area contributed by atoms with Crippen LogP contribution in [0.25, 0.3) is 6.08 Å². The Morgan fingerprint density at radius 1 is 1.32 bits per heavy atom. The van der Waals surface area contributed by atoms with Crippen molar-refractivity contribution in [1.29, 1.82) is 0 Å². The average molecular weight is 386 g/mol. The fourth-order valence-electron chi connectivity index (χ4n) is 2.02. The summed E-state index contributed by atoms with van der Waals surface area (Å²) in [6.07, 6.45) is 2.31. The second-order valence-corrected chi connectivity index (χ2v) is 6.47. The number of amides is 2. The lowest BCUT2D eigenvalue weighted by molar-refractivity contribution is -0.122. The van der Waals surface area contributed by atoms with Gasteiger partial charge in [-0.2, -0.15) is 0 Å². The molecule has 0 radical (unpaired) electrons. The number of rotatable bonds is 6. The van der Waals surface area contributed by atoms with Crippen LogP contribution in [-0.4, -0.2) is 43.4 Å². The molecule has 1 aromatic rings. The highest BCUT2D eigenvalue weighted by molar-refractivity contribution is 9.10. The molecule has 0 saturated carbocycles. The molecular weight excluding hydrogens is 370 g/mol. The van der Waals surface area contributed by atoms with Crippen molar-refractivity contribution in [3.8, 4) is 5.75 Å². The summed E-state index contributed by atoms with van der Waals surface area (Å²) < 4.78 is 11.1. The molecule has 1 aliphatic rings. The summed E-state index contributed by atoms with van der Waals surface area (Å²) in [5.41, 5.74) is 0.749. The Labute approximate surface area is 141 Å². The van der Waals surface area contributed by atoms with Crippen LogP contribution in [-0.2, 0) is 9.53 Å². The number of hydrogen-bond acceptors (Lipinski definition) is 5. The van der Waals surface area contributed by atoms with Gasteiger partial charge >= 0.3 is 0 Å².